The van der Waals surface area contributed by atoms with Gasteiger partial charge in [-0.05, 0) is 75.3 Å². The fraction of sp³-hybridized carbons (Fsp3) is 0.500. The number of anilines is 2. The third-order valence-electron chi connectivity index (χ3n) is 6.08. The smallest absolute Gasteiger partial charge is 0.304 e. The Morgan fingerprint density at radius 2 is 2.00 bits per heavy atom. The van der Waals surface area contributed by atoms with E-state index in [1.807, 2.05) is 13.0 Å². The van der Waals surface area contributed by atoms with E-state index in [9.17, 15) is 8.42 Å². The van der Waals surface area contributed by atoms with Crippen LogP contribution in [-0.4, -0.2) is 56.3 Å². The molecule has 1 aliphatic heterocycles. The molecule has 1 aromatic carbocycles. The van der Waals surface area contributed by atoms with E-state index in [0.717, 1.165) is 55.5 Å². The van der Waals surface area contributed by atoms with Crippen molar-refractivity contribution < 1.29 is 18.0 Å². The van der Waals surface area contributed by atoms with E-state index in [-0.39, 0.29) is 0 Å². The van der Waals surface area contributed by atoms with Gasteiger partial charge in [0.15, 0.2) is 0 Å². The number of hydrogen-bond donors (Lipinski definition) is 1. The fourth-order valence-corrected chi connectivity index (χ4v) is 6.02. The number of rotatable bonds is 10. The lowest BCUT2D eigenvalue weighted by Crippen LogP contribution is -2.33. The molecule has 184 valence electrons. The van der Waals surface area contributed by atoms with E-state index in [0.29, 0.717) is 44.4 Å². The van der Waals surface area contributed by atoms with Crippen molar-refractivity contribution in [2.24, 2.45) is 5.16 Å². The third-order valence-corrected chi connectivity index (χ3v) is 8.05. The van der Waals surface area contributed by atoms with Crippen LogP contribution in [0.2, 0.25) is 0 Å². The Hall–Kier alpha value is -2.85. The second-order valence-corrected chi connectivity index (χ2v) is 10.3. The third kappa shape index (κ3) is 5.61. The standard InChI is InChI=1S/C24H33N5O4S/c1-2-33-27-23-8-6-7-19-17-21(9-10-22(19)23)32-16-5-3-4-13-28-14-15-29(34(28,30)31)20-11-12-26-24(25)18-20/h9-12,17-18H,2-8,13-16H2,1H3,(H2,25,26)/b27-23+. The Morgan fingerprint density at radius 1 is 1.12 bits per heavy atom. The van der Waals surface area contributed by atoms with Crippen LogP contribution < -0.4 is 14.8 Å². The zero-order valence-electron chi connectivity index (χ0n) is 19.6. The minimum Gasteiger partial charge on any atom is -0.494 e. The van der Waals surface area contributed by atoms with Crippen molar-refractivity contribution in [2.75, 3.05) is 42.9 Å². The van der Waals surface area contributed by atoms with Crippen LogP contribution in [0.15, 0.2) is 41.7 Å². The van der Waals surface area contributed by atoms with Crippen LogP contribution in [0.25, 0.3) is 0 Å². The lowest BCUT2D eigenvalue weighted by molar-refractivity contribution is 0.158. The summed E-state index contributed by atoms with van der Waals surface area (Å²) in [7, 11) is -3.52. The van der Waals surface area contributed by atoms with E-state index in [2.05, 4.69) is 22.3 Å². The summed E-state index contributed by atoms with van der Waals surface area (Å²) in [6.07, 6.45) is 7.10. The van der Waals surface area contributed by atoms with Crippen LogP contribution in [0.5, 0.6) is 5.75 Å². The average molecular weight is 488 g/mol. The summed E-state index contributed by atoms with van der Waals surface area (Å²) in [6, 6.07) is 9.42. The van der Waals surface area contributed by atoms with Crippen molar-refractivity contribution in [1.82, 2.24) is 9.29 Å². The summed E-state index contributed by atoms with van der Waals surface area (Å²) in [5.74, 6) is 1.18. The first-order valence-electron chi connectivity index (χ1n) is 11.9. The van der Waals surface area contributed by atoms with Gasteiger partial charge in [-0.25, -0.2) is 4.98 Å². The summed E-state index contributed by atoms with van der Waals surface area (Å²) in [4.78, 5) is 9.18. The summed E-state index contributed by atoms with van der Waals surface area (Å²) >= 11 is 0. The van der Waals surface area contributed by atoms with Gasteiger partial charge in [0.1, 0.15) is 18.2 Å². The second-order valence-electron chi connectivity index (χ2n) is 8.46. The summed E-state index contributed by atoms with van der Waals surface area (Å²) < 4.78 is 34.6. The van der Waals surface area contributed by atoms with Crippen molar-refractivity contribution in [2.45, 2.75) is 45.4 Å². The minimum atomic E-state index is -3.52. The number of nitrogens with zero attached hydrogens (tertiary/aromatic N) is 4. The van der Waals surface area contributed by atoms with Gasteiger partial charge in [-0.1, -0.05) is 5.16 Å². The Kier molecular flexibility index (Phi) is 7.89. The quantitative estimate of drug-likeness (QED) is 0.406. The van der Waals surface area contributed by atoms with Crippen LogP contribution in [0.4, 0.5) is 11.5 Å². The highest BCUT2D eigenvalue weighted by atomic mass is 32.2. The Labute approximate surface area is 201 Å². The second kappa shape index (κ2) is 11.1. The number of oxime groups is 1. The number of nitrogens with two attached hydrogens (primary N) is 1. The molecule has 2 heterocycles. The molecule has 0 amide bonds. The number of aryl methyl sites for hydroxylation is 1. The van der Waals surface area contributed by atoms with E-state index in [1.165, 1.54) is 20.4 Å². The Balaban J connectivity index is 1.21. The van der Waals surface area contributed by atoms with Crippen LogP contribution in [-0.2, 0) is 21.5 Å². The first kappa shape index (κ1) is 24.3. The predicted octanol–water partition coefficient (Wildman–Crippen LogP) is 3.36. The highest BCUT2D eigenvalue weighted by molar-refractivity contribution is 7.90. The number of aromatic nitrogens is 1. The number of nitrogen functional groups attached to an aromatic ring is 1. The van der Waals surface area contributed by atoms with Gasteiger partial charge in [-0.15, -0.1) is 0 Å². The Morgan fingerprint density at radius 3 is 2.82 bits per heavy atom. The van der Waals surface area contributed by atoms with Gasteiger partial charge in [0, 0.05) is 37.5 Å². The van der Waals surface area contributed by atoms with Gasteiger partial charge >= 0.3 is 10.2 Å². The van der Waals surface area contributed by atoms with Crippen molar-refractivity contribution >= 4 is 27.4 Å². The maximum absolute atomic E-state index is 12.9. The van der Waals surface area contributed by atoms with Crippen LogP contribution in [0, 0.1) is 0 Å². The molecule has 34 heavy (non-hydrogen) atoms. The first-order valence-corrected chi connectivity index (χ1v) is 13.3. The topological polar surface area (TPSA) is 110 Å². The maximum Gasteiger partial charge on any atom is 0.304 e. The van der Waals surface area contributed by atoms with Crippen LogP contribution in [0.1, 0.15) is 50.2 Å². The van der Waals surface area contributed by atoms with E-state index in [4.69, 9.17) is 15.3 Å². The zero-order chi connectivity index (χ0) is 24.0. The number of pyridine rings is 1. The fourth-order valence-electron chi connectivity index (χ4n) is 4.38. The molecule has 1 aromatic heterocycles. The molecule has 2 aromatic rings. The molecular formula is C24H33N5O4S. The monoisotopic (exact) mass is 487 g/mol. The Bertz CT molecular complexity index is 1120. The summed E-state index contributed by atoms with van der Waals surface area (Å²) in [5, 5.41) is 4.25. The highest BCUT2D eigenvalue weighted by Crippen LogP contribution is 2.27. The minimum absolute atomic E-state index is 0.309. The van der Waals surface area contributed by atoms with Crippen molar-refractivity contribution in [3.05, 3.63) is 47.7 Å². The number of unbranched alkanes of at least 4 members (excludes halogenated alkanes) is 2. The van der Waals surface area contributed by atoms with Gasteiger partial charge in [-0.3, -0.25) is 4.31 Å². The van der Waals surface area contributed by atoms with Crippen LogP contribution >= 0.6 is 0 Å². The molecule has 9 nitrogen and oxygen atoms in total. The molecule has 0 atom stereocenters. The molecule has 1 fully saturated rings. The largest absolute Gasteiger partial charge is 0.494 e. The molecule has 2 N–H and O–H groups in total. The van der Waals surface area contributed by atoms with Crippen molar-refractivity contribution in [1.29, 1.82) is 0 Å². The van der Waals surface area contributed by atoms with Gasteiger partial charge in [-0.2, -0.15) is 12.7 Å². The zero-order valence-corrected chi connectivity index (χ0v) is 20.5. The lowest BCUT2D eigenvalue weighted by atomic mass is 9.90. The van der Waals surface area contributed by atoms with Gasteiger partial charge in [0.05, 0.1) is 18.0 Å². The maximum atomic E-state index is 12.9. The lowest BCUT2D eigenvalue weighted by Gasteiger charge is -2.20. The van der Waals surface area contributed by atoms with Gasteiger partial charge in [0.25, 0.3) is 0 Å². The molecular weight excluding hydrogens is 454 g/mol. The number of ether oxygens (including phenoxy) is 1. The molecule has 4 rings (SSSR count). The summed E-state index contributed by atoms with van der Waals surface area (Å²) in [6.45, 7) is 4.51. The molecule has 10 heteroatoms. The van der Waals surface area contributed by atoms with Gasteiger partial charge in [0.2, 0.25) is 0 Å². The highest BCUT2D eigenvalue weighted by Gasteiger charge is 2.36. The normalized spacial score (nSPS) is 18.7. The van der Waals surface area contributed by atoms with E-state index < -0.39 is 10.2 Å². The number of hydrogen-bond acceptors (Lipinski definition) is 7. The first-order chi connectivity index (χ1) is 16.5. The molecule has 0 bridgehead atoms. The predicted molar refractivity (Wildman–Crippen MR) is 133 cm³/mol. The molecule has 0 unspecified atom stereocenters. The molecule has 0 saturated carbocycles. The van der Waals surface area contributed by atoms with Crippen molar-refractivity contribution in [3.63, 3.8) is 0 Å². The molecule has 0 radical (unpaired) electrons. The molecule has 2 aliphatic rings. The number of benzene rings is 1. The van der Waals surface area contributed by atoms with Crippen molar-refractivity contribution in [3.8, 4) is 5.75 Å². The number of fused-ring (bicyclic) bond motifs is 1. The average Bonchev–Trinajstić information content (AvgIpc) is 3.13. The van der Waals surface area contributed by atoms with Gasteiger partial charge < -0.3 is 15.3 Å². The SMILES string of the molecule is CCO/N=C1\CCCc2cc(OCCCCCN3CCN(c4ccnc(N)c4)S3(=O)=O)ccc21. The molecule has 1 aliphatic carbocycles. The molecule has 1 saturated heterocycles. The van der Waals surface area contributed by atoms with Crippen LogP contribution in [0.3, 0.4) is 0 Å². The molecule has 0 spiro atoms. The van der Waals surface area contributed by atoms with E-state index in [1.54, 1.807) is 12.1 Å². The summed E-state index contributed by atoms with van der Waals surface area (Å²) in [5.41, 5.74) is 9.69. The van der Waals surface area contributed by atoms with E-state index >= 15 is 0 Å².